The van der Waals surface area contributed by atoms with E-state index in [1.54, 1.807) is 6.20 Å². The highest BCUT2D eigenvalue weighted by Crippen LogP contribution is 2.16. The molecule has 2 heterocycles. The summed E-state index contributed by atoms with van der Waals surface area (Å²) >= 11 is 5.88. The number of hydrogen-bond acceptors (Lipinski definition) is 3. The fourth-order valence-electron chi connectivity index (χ4n) is 1.54. The summed E-state index contributed by atoms with van der Waals surface area (Å²) in [6, 6.07) is 5.52. The Morgan fingerprint density at radius 2 is 2.27 bits per heavy atom. The number of aromatic nitrogens is 1. The van der Waals surface area contributed by atoms with Gasteiger partial charge in [-0.15, -0.1) is 11.6 Å². The summed E-state index contributed by atoms with van der Waals surface area (Å²) in [7, 11) is 0. The highest BCUT2D eigenvalue weighted by atomic mass is 35.5. The zero-order chi connectivity index (χ0) is 10.8. The molecule has 1 amide bonds. The molecule has 1 fully saturated rings. The molecule has 5 heteroatoms. The van der Waals surface area contributed by atoms with Gasteiger partial charge in [-0.3, -0.25) is 15.1 Å². The number of carbonyl (C=O) groups is 1. The lowest BCUT2D eigenvalue weighted by atomic mass is 10.1. The fraction of sp³-hybridized carbons (Fsp3) is 0.400. The second kappa shape index (κ2) is 4.16. The van der Waals surface area contributed by atoms with Crippen molar-refractivity contribution < 1.29 is 4.79 Å². The smallest absolute Gasteiger partial charge is 0.241 e. The van der Waals surface area contributed by atoms with Gasteiger partial charge in [0, 0.05) is 12.2 Å². The van der Waals surface area contributed by atoms with E-state index < -0.39 is 5.38 Å². The Morgan fingerprint density at radius 3 is 2.87 bits per heavy atom. The van der Waals surface area contributed by atoms with Crippen molar-refractivity contribution in [2.45, 2.75) is 24.5 Å². The first-order valence-electron chi connectivity index (χ1n) is 4.80. The van der Waals surface area contributed by atoms with E-state index in [4.69, 9.17) is 11.6 Å². The number of pyridine rings is 1. The third-order valence-electron chi connectivity index (χ3n) is 2.39. The Labute approximate surface area is 93.0 Å². The van der Waals surface area contributed by atoms with Crippen molar-refractivity contribution in [3.63, 3.8) is 0 Å². The lowest BCUT2D eigenvalue weighted by molar-refractivity contribution is -0.124. The number of rotatable bonds is 1. The zero-order valence-corrected chi connectivity index (χ0v) is 9.03. The van der Waals surface area contributed by atoms with Gasteiger partial charge in [0.25, 0.3) is 0 Å². The molecule has 3 unspecified atom stereocenters. The maximum atomic E-state index is 11.5. The Balaban J connectivity index is 2.16. The van der Waals surface area contributed by atoms with Gasteiger partial charge in [0.15, 0.2) is 0 Å². The summed E-state index contributed by atoms with van der Waals surface area (Å²) in [6.07, 6.45) is 1.45. The molecule has 0 radical (unpaired) electrons. The summed E-state index contributed by atoms with van der Waals surface area (Å²) < 4.78 is 0. The average Bonchev–Trinajstić information content (AvgIpc) is 2.26. The van der Waals surface area contributed by atoms with Gasteiger partial charge in [-0.05, 0) is 19.1 Å². The van der Waals surface area contributed by atoms with Crippen LogP contribution in [-0.4, -0.2) is 22.3 Å². The zero-order valence-electron chi connectivity index (χ0n) is 8.27. The minimum absolute atomic E-state index is 0.0626. The van der Waals surface area contributed by atoms with Crippen molar-refractivity contribution in [3.05, 3.63) is 30.1 Å². The number of halogens is 1. The summed E-state index contributed by atoms with van der Waals surface area (Å²) in [6.45, 7) is 1.88. The van der Waals surface area contributed by atoms with E-state index in [0.29, 0.717) is 0 Å². The van der Waals surface area contributed by atoms with Crippen molar-refractivity contribution in [2.75, 3.05) is 0 Å². The highest BCUT2D eigenvalue weighted by Gasteiger charge is 2.32. The minimum atomic E-state index is -0.523. The van der Waals surface area contributed by atoms with E-state index in [9.17, 15) is 4.79 Å². The van der Waals surface area contributed by atoms with Gasteiger partial charge in [0.05, 0.1) is 5.69 Å². The van der Waals surface area contributed by atoms with Crippen molar-refractivity contribution in [1.82, 2.24) is 15.6 Å². The van der Waals surface area contributed by atoms with Crippen LogP contribution in [0.5, 0.6) is 0 Å². The lowest BCUT2D eigenvalue weighted by Gasteiger charge is -2.32. The van der Waals surface area contributed by atoms with Gasteiger partial charge >= 0.3 is 0 Å². The standard InChI is InChI=1S/C10H12ClN3O/c1-6-8(11)10(15)14-9(13-6)7-4-2-3-5-12-7/h2-6,8-9,13H,1H3,(H,14,15). The summed E-state index contributed by atoms with van der Waals surface area (Å²) in [4.78, 5) is 15.7. The summed E-state index contributed by atoms with van der Waals surface area (Å²) in [5, 5.41) is 5.43. The molecule has 0 bridgehead atoms. The molecule has 0 spiro atoms. The summed E-state index contributed by atoms with van der Waals surface area (Å²) in [5.41, 5.74) is 0.793. The molecule has 1 aliphatic rings. The molecule has 80 valence electrons. The van der Waals surface area contributed by atoms with Crippen LogP contribution in [0.1, 0.15) is 18.8 Å². The van der Waals surface area contributed by atoms with E-state index in [0.717, 1.165) is 5.69 Å². The Kier molecular flexibility index (Phi) is 2.88. The van der Waals surface area contributed by atoms with Crippen LogP contribution < -0.4 is 10.6 Å². The molecule has 15 heavy (non-hydrogen) atoms. The van der Waals surface area contributed by atoms with Crippen LogP contribution >= 0.6 is 11.6 Å². The van der Waals surface area contributed by atoms with Crippen molar-refractivity contribution in [2.24, 2.45) is 0 Å². The molecule has 2 N–H and O–H groups in total. The minimum Gasteiger partial charge on any atom is -0.334 e. The second-order valence-electron chi connectivity index (χ2n) is 3.55. The Hall–Kier alpha value is -1.13. The van der Waals surface area contributed by atoms with Crippen molar-refractivity contribution in [3.8, 4) is 0 Å². The van der Waals surface area contributed by atoms with Gasteiger partial charge in [0.2, 0.25) is 5.91 Å². The number of carbonyl (C=O) groups excluding carboxylic acids is 1. The Bertz CT molecular complexity index is 357. The predicted molar refractivity (Wildman–Crippen MR) is 57.4 cm³/mol. The van der Waals surface area contributed by atoms with Gasteiger partial charge < -0.3 is 5.32 Å². The van der Waals surface area contributed by atoms with E-state index in [-0.39, 0.29) is 18.1 Å². The molecule has 1 saturated heterocycles. The third kappa shape index (κ3) is 2.11. The molecule has 3 atom stereocenters. The van der Waals surface area contributed by atoms with Crippen molar-refractivity contribution >= 4 is 17.5 Å². The molecule has 1 aliphatic heterocycles. The maximum Gasteiger partial charge on any atom is 0.241 e. The molecular formula is C10H12ClN3O. The van der Waals surface area contributed by atoms with Crippen LogP contribution in [0.25, 0.3) is 0 Å². The molecule has 0 saturated carbocycles. The normalized spacial score (nSPS) is 31.1. The quantitative estimate of drug-likeness (QED) is 0.695. The molecule has 4 nitrogen and oxygen atoms in total. The van der Waals surface area contributed by atoms with Gasteiger partial charge in [0.1, 0.15) is 11.5 Å². The van der Waals surface area contributed by atoms with Crippen LogP contribution in [0.2, 0.25) is 0 Å². The number of hydrogen-bond donors (Lipinski definition) is 2. The molecule has 2 rings (SSSR count). The third-order valence-corrected chi connectivity index (χ3v) is 2.97. The van der Waals surface area contributed by atoms with Gasteiger partial charge in [-0.2, -0.15) is 0 Å². The largest absolute Gasteiger partial charge is 0.334 e. The Morgan fingerprint density at radius 1 is 1.47 bits per heavy atom. The van der Waals surface area contributed by atoms with E-state index in [1.165, 1.54) is 0 Å². The average molecular weight is 226 g/mol. The molecule has 1 aromatic rings. The first-order chi connectivity index (χ1) is 7.18. The van der Waals surface area contributed by atoms with E-state index >= 15 is 0 Å². The van der Waals surface area contributed by atoms with Crippen LogP contribution in [0.15, 0.2) is 24.4 Å². The predicted octanol–water partition coefficient (Wildman–Crippen LogP) is 0.795. The van der Waals surface area contributed by atoms with Crippen LogP contribution in [-0.2, 0) is 4.79 Å². The van der Waals surface area contributed by atoms with Gasteiger partial charge in [-0.25, -0.2) is 0 Å². The summed E-state index contributed by atoms with van der Waals surface area (Å²) in [5.74, 6) is -0.154. The first kappa shape index (κ1) is 10.4. The topological polar surface area (TPSA) is 54.0 Å². The van der Waals surface area contributed by atoms with Crippen LogP contribution in [0.4, 0.5) is 0 Å². The highest BCUT2D eigenvalue weighted by molar-refractivity contribution is 6.31. The molecule has 0 aromatic carbocycles. The molecular weight excluding hydrogens is 214 g/mol. The van der Waals surface area contributed by atoms with Crippen LogP contribution in [0.3, 0.4) is 0 Å². The maximum absolute atomic E-state index is 11.5. The molecule has 1 aromatic heterocycles. The fourth-order valence-corrected chi connectivity index (χ4v) is 1.68. The molecule has 0 aliphatic carbocycles. The number of nitrogens with one attached hydrogen (secondary N) is 2. The number of nitrogens with zero attached hydrogens (tertiary/aromatic N) is 1. The van der Waals surface area contributed by atoms with E-state index in [2.05, 4.69) is 15.6 Å². The number of alkyl halides is 1. The van der Waals surface area contributed by atoms with Crippen molar-refractivity contribution in [1.29, 1.82) is 0 Å². The lowest BCUT2D eigenvalue weighted by Crippen LogP contribution is -2.56. The number of amides is 1. The van der Waals surface area contributed by atoms with Crippen LogP contribution in [0, 0.1) is 0 Å². The van der Waals surface area contributed by atoms with Gasteiger partial charge in [-0.1, -0.05) is 6.07 Å². The van der Waals surface area contributed by atoms with E-state index in [1.807, 2.05) is 25.1 Å². The monoisotopic (exact) mass is 225 g/mol. The SMILES string of the molecule is CC1NC(c2ccccn2)NC(=O)C1Cl. The second-order valence-corrected chi connectivity index (χ2v) is 4.02. The first-order valence-corrected chi connectivity index (χ1v) is 5.23.